The summed E-state index contributed by atoms with van der Waals surface area (Å²) >= 11 is 5.85. The van der Waals surface area contributed by atoms with Crippen LogP contribution in [0.3, 0.4) is 0 Å². The summed E-state index contributed by atoms with van der Waals surface area (Å²) in [5.41, 5.74) is 3.39. The zero-order valence-corrected chi connectivity index (χ0v) is 13.3. The number of hydrogen-bond acceptors (Lipinski definition) is 2. The van der Waals surface area contributed by atoms with E-state index in [2.05, 4.69) is 31.3 Å². The van der Waals surface area contributed by atoms with Gasteiger partial charge in [-0.05, 0) is 34.7 Å². The van der Waals surface area contributed by atoms with Crippen LogP contribution >= 0.6 is 11.6 Å². The van der Waals surface area contributed by atoms with Gasteiger partial charge in [-0.15, -0.1) is 0 Å². The van der Waals surface area contributed by atoms with Crippen molar-refractivity contribution < 1.29 is 5.11 Å². The lowest BCUT2D eigenvalue weighted by Crippen LogP contribution is -2.21. The van der Waals surface area contributed by atoms with Gasteiger partial charge < -0.3 is 10.4 Å². The van der Waals surface area contributed by atoms with Gasteiger partial charge in [-0.2, -0.15) is 0 Å². The Kier molecular flexibility index (Phi) is 5.80. The second kappa shape index (κ2) is 7.60. The van der Waals surface area contributed by atoms with E-state index in [1.807, 2.05) is 36.4 Å². The van der Waals surface area contributed by atoms with Crippen molar-refractivity contribution in [1.82, 2.24) is 5.32 Å². The van der Waals surface area contributed by atoms with Gasteiger partial charge >= 0.3 is 0 Å². The molecule has 0 radical (unpaired) electrons. The first-order chi connectivity index (χ1) is 10.1. The Hall–Kier alpha value is -1.35. The molecule has 0 spiro atoms. The van der Waals surface area contributed by atoms with E-state index in [4.69, 9.17) is 11.6 Å². The van der Waals surface area contributed by atoms with Crippen molar-refractivity contribution in [3.05, 3.63) is 70.2 Å². The normalized spacial score (nSPS) is 12.6. The number of aliphatic hydroxyl groups is 1. The van der Waals surface area contributed by atoms with E-state index in [-0.39, 0.29) is 0 Å². The Labute approximate surface area is 131 Å². The second-order valence-electron chi connectivity index (χ2n) is 5.59. The van der Waals surface area contributed by atoms with Crippen LogP contribution < -0.4 is 5.32 Å². The van der Waals surface area contributed by atoms with Crippen molar-refractivity contribution in [3.8, 4) is 0 Å². The van der Waals surface area contributed by atoms with E-state index in [1.54, 1.807) is 0 Å². The molecular formula is C18H22ClNO. The van der Waals surface area contributed by atoms with E-state index in [9.17, 15) is 5.11 Å². The van der Waals surface area contributed by atoms with Crippen LogP contribution in [0, 0.1) is 0 Å². The zero-order chi connectivity index (χ0) is 15.2. The summed E-state index contributed by atoms with van der Waals surface area (Å²) in [5.74, 6) is 0.513. The molecule has 0 saturated heterocycles. The summed E-state index contributed by atoms with van der Waals surface area (Å²) in [7, 11) is 0. The quantitative estimate of drug-likeness (QED) is 0.834. The number of hydrogen-bond donors (Lipinski definition) is 2. The smallest absolute Gasteiger partial charge is 0.0914 e. The van der Waals surface area contributed by atoms with Crippen molar-refractivity contribution in [1.29, 1.82) is 0 Å². The third-order valence-electron chi connectivity index (χ3n) is 3.57. The molecule has 2 aromatic carbocycles. The zero-order valence-electron chi connectivity index (χ0n) is 12.5. The Bertz CT molecular complexity index is 548. The fraction of sp³-hybridized carbons (Fsp3) is 0.333. The highest BCUT2D eigenvalue weighted by Crippen LogP contribution is 2.18. The van der Waals surface area contributed by atoms with Crippen LogP contribution in [0.5, 0.6) is 0 Å². The number of nitrogens with one attached hydrogen (secondary N) is 1. The number of aliphatic hydroxyl groups excluding tert-OH is 1. The van der Waals surface area contributed by atoms with Crippen LogP contribution in [0.15, 0.2) is 48.5 Å². The lowest BCUT2D eigenvalue weighted by molar-refractivity contribution is 0.174. The maximum absolute atomic E-state index is 10.2. The standard InChI is InChI=1S/C18H22ClNO/c1-13(2)15-5-7-16(8-6-15)18(21)12-20-11-14-3-9-17(19)10-4-14/h3-10,13,18,20-21H,11-12H2,1-2H3. The van der Waals surface area contributed by atoms with E-state index in [1.165, 1.54) is 5.56 Å². The minimum Gasteiger partial charge on any atom is -0.387 e. The highest BCUT2D eigenvalue weighted by Gasteiger charge is 2.07. The third kappa shape index (κ3) is 4.85. The molecule has 2 aromatic rings. The molecule has 0 aliphatic rings. The first-order valence-electron chi connectivity index (χ1n) is 7.29. The Morgan fingerprint density at radius 3 is 2.10 bits per heavy atom. The van der Waals surface area contributed by atoms with Crippen molar-refractivity contribution in [2.75, 3.05) is 6.54 Å². The molecule has 2 rings (SSSR count). The molecule has 0 aliphatic heterocycles. The molecule has 21 heavy (non-hydrogen) atoms. The van der Waals surface area contributed by atoms with Crippen molar-refractivity contribution in [3.63, 3.8) is 0 Å². The monoisotopic (exact) mass is 303 g/mol. The number of rotatable bonds is 6. The maximum Gasteiger partial charge on any atom is 0.0914 e. The molecule has 0 aliphatic carbocycles. The van der Waals surface area contributed by atoms with Gasteiger partial charge in [-0.25, -0.2) is 0 Å². The van der Waals surface area contributed by atoms with Crippen molar-refractivity contribution in [2.24, 2.45) is 0 Å². The molecule has 3 heteroatoms. The second-order valence-corrected chi connectivity index (χ2v) is 6.03. The molecule has 0 aromatic heterocycles. The van der Waals surface area contributed by atoms with E-state index in [0.717, 1.165) is 22.7 Å². The minimum absolute atomic E-state index is 0.487. The summed E-state index contributed by atoms with van der Waals surface area (Å²) in [6.45, 7) is 5.58. The summed E-state index contributed by atoms with van der Waals surface area (Å²) < 4.78 is 0. The average Bonchev–Trinajstić information content (AvgIpc) is 2.49. The molecule has 2 N–H and O–H groups in total. The average molecular weight is 304 g/mol. The van der Waals surface area contributed by atoms with Gasteiger partial charge in [-0.1, -0.05) is 61.8 Å². The minimum atomic E-state index is -0.487. The van der Waals surface area contributed by atoms with Crippen molar-refractivity contribution >= 4 is 11.6 Å². The molecule has 112 valence electrons. The van der Waals surface area contributed by atoms with Gasteiger partial charge in [0.1, 0.15) is 0 Å². The SMILES string of the molecule is CC(C)c1ccc(C(O)CNCc2ccc(Cl)cc2)cc1. The predicted molar refractivity (Wildman–Crippen MR) is 88.6 cm³/mol. The molecule has 0 amide bonds. The maximum atomic E-state index is 10.2. The van der Waals surface area contributed by atoms with Crippen LogP contribution in [0.25, 0.3) is 0 Å². The van der Waals surface area contributed by atoms with Gasteiger partial charge in [0.15, 0.2) is 0 Å². The van der Waals surface area contributed by atoms with E-state index in [0.29, 0.717) is 12.5 Å². The highest BCUT2D eigenvalue weighted by atomic mass is 35.5. The summed E-state index contributed by atoms with van der Waals surface area (Å²) in [6, 6.07) is 15.9. The molecular weight excluding hydrogens is 282 g/mol. The Balaban J connectivity index is 1.83. The molecule has 1 atom stereocenters. The number of benzene rings is 2. The third-order valence-corrected chi connectivity index (χ3v) is 3.82. The topological polar surface area (TPSA) is 32.3 Å². The highest BCUT2D eigenvalue weighted by molar-refractivity contribution is 6.30. The van der Waals surface area contributed by atoms with Crippen LogP contribution in [0.1, 0.15) is 42.6 Å². The summed E-state index contributed by atoms with van der Waals surface area (Å²) in [5, 5.41) is 14.2. The Morgan fingerprint density at radius 2 is 1.52 bits per heavy atom. The van der Waals surface area contributed by atoms with E-state index < -0.39 is 6.10 Å². The lowest BCUT2D eigenvalue weighted by Gasteiger charge is -2.14. The lowest BCUT2D eigenvalue weighted by atomic mass is 10.00. The molecule has 2 nitrogen and oxygen atoms in total. The van der Waals surface area contributed by atoms with Crippen LogP contribution in [-0.4, -0.2) is 11.7 Å². The Morgan fingerprint density at radius 1 is 0.952 bits per heavy atom. The van der Waals surface area contributed by atoms with Gasteiger partial charge in [0.05, 0.1) is 6.10 Å². The first kappa shape index (κ1) is 16.0. The molecule has 0 fully saturated rings. The molecule has 0 heterocycles. The number of halogens is 1. The fourth-order valence-electron chi connectivity index (χ4n) is 2.18. The fourth-order valence-corrected chi connectivity index (χ4v) is 2.30. The molecule has 0 saturated carbocycles. The van der Waals surface area contributed by atoms with Crippen LogP contribution in [-0.2, 0) is 6.54 Å². The van der Waals surface area contributed by atoms with E-state index >= 15 is 0 Å². The largest absolute Gasteiger partial charge is 0.387 e. The predicted octanol–water partition coefficient (Wildman–Crippen LogP) is 4.29. The van der Waals surface area contributed by atoms with Crippen LogP contribution in [0.4, 0.5) is 0 Å². The summed E-state index contributed by atoms with van der Waals surface area (Å²) in [4.78, 5) is 0. The van der Waals surface area contributed by atoms with Gasteiger partial charge in [0.25, 0.3) is 0 Å². The van der Waals surface area contributed by atoms with Gasteiger partial charge in [0, 0.05) is 18.1 Å². The van der Waals surface area contributed by atoms with Crippen LogP contribution in [0.2, 0.25) is 5.02 Å². The van der Waals surface area contributed by atoms with Crippen molar-refractivity contribution in [2.45, 2.75) is 32.4 Å². The molecule has 0 bridgehead atoms. The summed E-state index contributed by atoms with van der Waals surface area (Å²) in [6.07, 6.45) is -0.487. The van der Waals surface area contributed by atoms with Gasteiger partial charge in [-0.3, -0.25) is 0 Å². The first-order valence-corrected chi connectivity index (χ1v) is 7.67. The van der Waals surface area contributed by atoms with Gasteiger partial charge in [0.2, 0.25) is 0 Å². The molecule has 1 unspecified atom stereocenters.